The number of likely N-dealkylation sites (tertiary alicyclic amines) is 2. The molecule has 2 aliphatic rings. The topological polar surface area (TPSA) is 70.6 Å². The summed E-state index contributed by atoms with van der Waals surface area (Å²) < 4.78 is 45.5. The molecule has 0 radical (unpaired) electrons. The number of fused-ring (bicyclic) bond motifs is 1. The zero-order valence-corrected chi connectivity index (χ0v) is 16.7. The standard InChI is InChI=1S/C20H25F3N4O3/c1-2-30-19(29)26-10-7-15(12-26)25-8-5-14(6-9-25)27-17-4-3-13(20(21,22)23)11-16(17)24-18(27)28/h3-4,11,14-15H,2,5-10,12H2,1H3,(H,24,28)/t15-/m0/s1. The smallest absolute Gasteiger partial charge is 0.416 e. The average Bonchev–Trinajstić information content (AvgIpc) is 3.31. The number of amides is 1. The monoisotopic (exact) mass is 426 g/mol. The van der Waals surface area contributed by atoms with E-state index in [2.05, 4.69) is 9.88 Å². The highest BCUT2D eigenvalue weighted by molar-refractivity contribution is 5.76. The lowest BCUT2D eigenvalue weighted by Crippen LogP contribution is -2.44. The Kier molecular flexibility index (Phi) is 5.52. The highest BCUT2D eigenvalue weighted by Crippen LogP contribution is 2.32. The number of imidazole rings is 1. The number of benzene rings is 1. The Morgan fingerprint density at radius 3 is 2.53 bits per heavy atom. The Bertz CT molecular complexity index is 976. The molecule has 0 unspecified atom stereocenters. The molecule has 1 N–H and O–H groups in total. The van der Waals surface area contributed by atoms with Crippen molar-refractivity contribution in [2.45, 2.75) is 44.4 Å². The third-order valence-corrected chi connectivity index (χ3v) is 6.11. The molecule has 2 saturated heterocycles. The van der Waals surface area contributed by atoms with E-state index in [1.807, 2.05) is 0 Å². The summed E-state index contributed by atoms with van der Waals surface area (Å²) in [5, 5.41) is 0. The van der Waals surface area contributed by atoms with Crippen molar-refractivity contribution in [2.24, 2.45) is 0 Å². The Hall–Kier alpha value is -2.49. The number of nitrogens with one attached hydrogen (secondary N) is 1. The van der Waals surface area contributed by atoms with Gasteiger partial charge in [0.2, 0.25) is 0 Å². The van der Waals surface area contributed by atoms with E-state index in [1.54, 1.807) is 16.4 Å². The quantitative estimate of drug-likeness (QED) is 0.818. The number of piperidine rings is 1. The minimum Gasteiger partial charge on any atom is -0.450 e. The molecule has 10 heteroatoms. The Balaban J connectivity index is 1.43. The van der Waals surface area contributed by atoms with Crippen molar-refractivity contribution in [3.63, 3.8) is 0 Å². The van der Waals surface area contributed by atoms with Gasteiger partial charge in [-0.3, -0.25) is 9.47 Å². The van der Waals surface area contributed by atoms with Crippen LogP contribution in [-0.4, -0.2) is 64.3 Å². The van der Waals surface area contributed by atoms with E-state index in [1.165, 1.54) is 6.07 Å². The molecule has 3 heterocycles. The van der Waals surface area contributed by atoms with Crippen LogP contribution >= 0.6 is 0 Å². The summed E-state index contributed by atoms with van der Waals surface area (Å²) in [6.45, 7) is 4.99. The fourth-order valence-corrected chi connectivity index (χ4v) is 4.60. The number of halogens is 3. The molecule has 0 aliphatic carbocycles. The van der Waals surface area contributed by atoms with Gasteiger partial charge in [-0.2, -0.15) is 13.2 Å². The number of H-pyrrole nitrogens is 1. The van der Waals surface area contributed by atoms with Gasteiger partial charge in [0, 0.05) is 38.3 Å². The second kappa shape index (κ2) is 7.98. The molecule has 0 saturated carbocycles. The van der Waals surface area contributed by atoms with Crippen molar-refractivity contribution < 1.29 is 22.7 Å². The van der Waals surface area contributed by atoms with Gasteiger partial charge < -0.3 is 14.6 Å². The molecule has 2 aliphatic heterocycles. The van der Waals surface area contributed by atoms with Crippen LogP contribution in [0.3, 0.4) is 0 Å². The molecule has 7 nitrogen and oxygen atoms in total. The lowest BCUT2D eigenvalue weighted by Gasteiger charge is -2.36. The number of carbonyl (C=O) groups is 1. The molecule has 4 rings (SSSR count). The molecule has 30 heavy (non-hydrogen) atoms. The van der Waals surface area contributed by atoms with Gasteiger partial charge in [0.25, 0.3) is 0 Å². The second-order valence-electron chi connectivity index (χ2n) is 7.88. The van der Waals surface area contributed by atoms with Crippen LogP contribution < -0.4 is 5.69 Å². The van der Waals surface area contributed by atoms with E-state index in [9.17, 15) is 22.8 Å². The van der Waals surface area contributed by atoms with E-state index >= 15 is 0 Å². The van der Waals surface area contributed by atoms with E-state index in [0.717, 1.165) is 44.5 Å². The van der Waals surface area contributed by atoms with Gasteiger partial charge in [-0.1, -0.05) is 0 Å². The molecule has 1 aromatic heterocycles. The van der Waals surface area contributed by atoms with Crippen LogP contribution in [0.15, 0.2) is 23.0 Å². The van der Waals surface area contributed by atoms with Gasteiger partial charge in [0.1, 0.15) is 0 Å². The predicted molar refractivity (Wildman–Crippen MR) is 104 cm³/mol. The number of ether oxygens (including phenoxy) is 1. The normalized spacial score (nSPS) is 21.5. The van der Waals surface area contributed by atoms with Crippen LogP contribution in [0.1, 0.15) is 37.8 Å². The van der Waals surface area contributed by atoms with Gasteiger partial charge in [-0.15, -0.1) is 0 Å². The van der Waals surface area contributed by atoms with Crippen LogP contribution in [-0.2, 0) is 10.9 Å². The van der Waals surface area contributed by atoms with Gasteiger partial charge in [0.15, 0.2) is 0 Å². The highest BCUT2D eigenvalue weighted by Gasteiger charge is 2.34. The molecule has 2 aromatic rings. The Morgan fingerprint density at radius 2 is 1.87 bits per heavy atom. The third kappa shape index (κ3) is 3.92. The molecule has 1 atom stereocenters. The minimum absolute atomic E-state index is 0.0678. The predicted octanol–water partition coefficient (Wildman–Crippen LogP) is 3.22. The molecule has 0 spiro atoms. The zero-order chi connectivity index (χ0) is 21.5. The fourth-order valence-electron chi connectivity index (χ4n) is 4.60. The van der Waals surface area contributed by atoms with E-state index in [-0.39, 0.29) is 29.4 Å². The van der Waals surface area contributed by atoms with E-state index < -0.39 is 11.7 Å². The first kappa shape index (κ1) is 20.8. The van der Waals surface area contributed by atoms with Crippen molar-refractivity contribution in [2.75, 3.05) is 32.8 Å². The van der Waals surface area contributed by atoms with Gasteiger partial charge >= 0.3 is 18.0 Å². The van der Waals surface area contributed by atoms with Gasteiger partial charge in [-0.25, -0.2) is 9.59 Å². The van der Waals surface area contributed by atoms with Crippen molar-refractivity contribution in [3.8, 4) is 0 Å². The molecule has 1 amide bonds. The number of hydrogen-bond donors (Lipinski definition) is 1. The first-order valence-electron chi connectivity index (χ1n) is 10.2. The maximum absolute atomic E-state index is 13.0. The number of aromatic nitrogens is 2. The van der Waals surface area contributed by atoms with E-state index in [4.69, 9.17) is 4.74 Å². The van der Waals surface area contributed by atoms with Gasteiger partial charge in [-0.05, 0) is 44.4 Å². The number of carbonyl (C=O) groups excluding carboxylic acids is 1. The summed E-state index contributed by atoms with van der Waals surface area (Å²) in [6.07, 6.45) is -2.39. The number of rotatable bonds is 3. The average molecular weight is 426 g/mol. The van der Waals surface area contributed by atoms with Crippen LogP contribution in [0.5, 0.6) is 0 Å². The number of nitrogens with zero attached hydrogens (tertiary/aromatic N) is 3. The molecular weight excluding hydrogens is 401 g/mol. The molecule has 164 valence electrons. The minimum atomic E-state index is -4.45. The molecule has 0 bridgehead atoms. The maximum Gasteiger partial charge on any atom is 0.416 e. The molecular formula is C20H25F3N4O3. The van der Waals surface area contributed by atoms with Crippen molar-refractivity contribution in [1.82, 2.24) is 19.4 Å². The fraction of sp³-hybridized carbons (Fsp3) is 0.600. The summed E-state index contributed by atoms with van der Waals surface area (Å²) in [4.78, 5) is 31.0. The highest BCUT2D eigenvalue weighted by atomic mass is 19.4. The van der Waals surface area contributed by atoms with Crippen molar-refractivity contribution >= 4 is 17.1 Å². The summed E-state index contributed by atoms with van der Waals surface area (Å²) in [5.74, 6) is 0. The summed E-state index contributed by atoms with van der Waals surface area (Å²) in [6, 6.07) is 3.58. The van der Waals surface area contributed by atoms with Crippen molar-refractivity contribution in [1.29, 1.82) is 0 Å². The lowest BCUT2D eigenvalue weighted by molar-refractivity contribution is -0.137. The molecule has 1 aromatic carbocycles. The van der Waals surface area contributed by atoms with Gasteiger partial charge in [0.05, 0.1) is 23.2 Å². The van der Waals surface area contributed by atoms with Crippen LogP contribution in [0, 0.1) is 0 Å². The first-order chi connectivity index (χ1) is 14.3. The third-order valence-electron chi connectivity index (χ3n) is 6.11. The molecule has 2 fully saturated rings. The number of hydrogen-bond acceptors (Lipinski definition) is 4. The maximum atomic E-state index is 13.0. The number of alkyl halides is 3. The van der Waals surface area contributed by atoms with Crippen LogP contribution in [0.2, 0.25) is 0 Å². The van der Waals surface area contributed by atoms with E-state index in [0.29, 0.717) is 25.2 Å². The Morgan fingerprint density at radius 1 is 1.17 bits per heavy atom. The SMILES string of the molecule is CCOC(=O)N1CC[C@H](N2CCC(n3c(=O)[nH]c4cc(C(F)(F)F)ccc43)CC2)C1. The summed E-state index contributed by atoms with van der Waals surface area (Å²) in [5.41, 5.74) is -0.443. The van der Waals surface area contributed by atoms with Crippen LogP contribution in [0.25, 0.3) is 11.0 Å². The summed E-state index contributed by atoms with van der Waals surface area (Å²) >= 11 is 0. The zero-order valence-electron chi connectivity index (χ0n) is 16.7. The Labute approximate surface area is 171 Å². The van der Waals surface area contributed by atoms with Crippen LogP contribution in [0.4, 0.5) is 18.0 Å². The number of aromatic amines is 1. The lowest BCUT2D eigenvalue weighted by atomic mass is 10.0. The second-order valence-corrected chi connectivity index (χ2v) is 7.88. The first-order valence-corrected chi connectivity index (χ1v) is 10.2. The largest absolute Gasteiger partial charge is 0.450 e. The van der Waals surface area contributed by atoms with Crippen molar-refractivity contribution in [3.05, 3.63) is 34.2 Å². The summed E-state index contributed by atoms with van der Waals surface area (Å²) in [7, 11) is 0.